The van der Waals surface area contributed by atoms with Crippen molar-refractivity contribution < 1.29 is 9.53 Å². The van der Waals surface area contributed by atoms with Gasteiger partial charge < -0.3 is 4.74 Å². The molecule has 0 unspecified atom stereocenters. The van der Waals surface area contributed by atoms with Crippen LogP contribution in [-0.4, -0.2) is 25.8 Å². The molecular formula is C22H20N4O4. The molecule has 3 heterocycles. The molecule has 2 aromatic heterocycles. The van der Waals surface area contributed by atoms with Gasteiger partial charge >= 0.3 is 11.7 Å². The molecule has 1 aliphatic heterocycles. The lowest BCUT2D eigenvalue weighted by Gasteiger charge is -2.21. The number of fused-ring (bicyclic) bond motifs is 1. The van der Waals surface area contributed by atoms with Gasteiger partial charge in [0.15, 0.2) is 0 Å². The largest absolute Gasteiger partial charge is 0.456 e. The lowest BCUT2D eigenvalue weighted by atomic mass is 10.1. The molecule has 152 valence electrons. The molecule has 8 heteroatoms. The third-order valence-corrected chi connectivity index (χ3v) is 5.05. The second-order valence-corrected chi connectivity index (χ2v) is 7.01. The van der Waals surface area contributed by atoms with Crippen LogP contribution in [0.15, 0.2) is 69.4 Å². The Morgan fingerprint density at radius 3 is 2.53 bits per heavy atom. The van der Waals surface area contributed by atoms with Gasteiger partial charge in [0.25, 0.3) is 5.56 Å². The van der Waals surface area contributed by atoms with Gasteiger partial charge in [0.05, 0.1) is 25.3 Å². The van der Waals surface area contributed by atoms with Gasteiger partial charge in [0.2, 0.25) is 0 Å². The van der Waals surface area contributed by atoms with Gasteiger partial charge in [-0.1, -0.05) is 30.3 Å². The lowest BCUT2D eigenvalue weighted by molar-refractivity contribution is -0.137. The summed E-state index contributed by atoms with van der Waals surface area (Å²) in [6.07, 6.45) is 3.23. The van der Waals surface area contributed by atoms with Crippen molar-refractivity contribution in [3.8, 4) is 0 Å². The fourth-order valence-electron chi connectivity index (χ4n) is 3.36. The van der Waals surface area contributed by atoms with Gasteiger partial charge in [-0.05, 0) is 30.2 Å². The zero-order valence-electron chi connectivity index (χ0n) is 16.4. The van der Waals surface area contributed by atoms with Gasteiger partial charge in [-0.2, -0.15) is 0 Å². The molecule has 1 aromatic carbocycles. The number of esters is 1. The summed E-state index contributed by atoms with van der Waals surface area (Å²) in [6, 6.07) is 12.8. The second-order valence-electron chi connectivity index (χ2n) is 7.01. The van der Waals surface area contributed by atoms with Crippen molar-refractivity contribution in [2.24, 2.45) is 4.99 Å². The molecule has 0 aliphatic carbocycles. The van der Waals surface area contributed by atoms with Crippen LogP contribution in [0.25, 0.3) is 0 Å². The van der Waals surface area contributed by atoms with Gasteiger partial charge in [-0.3, -0.25) is 23.9 Å². The maximum absolute atomic E-state index is 13.1. The van der Waals surface area contributed by atoms with Crippen molar-refractivity contribution in [2.75, 3.05) is 0 Å². The van der Waals surface area contributed by atoms with Crippen LogP contribution in [0.1, 0.15) is 22.4 Å². The van der Waals surface area contributed by atoms with Gasteiger partial charge in [-0.25, -0.2) is 9.59 Å². The van der Waals surface area contributed by atoms with Crippen molar-refractivity contribution in [3.05, 3.63) is 98.1 Å². The Kier molecular flexibility index (Phi) is 5.38. The molecule has 4 rings (SSSR count). The summed E-state index contributed by atoms with van der Waals surface area (Å²) in [5.74, 6) is -0.581. The monoisotopic (exact) mass is 404 g/mol. The minimum Gasteiger partial charge on any atom is -0.456 e. The van der Waals surface area contributed by atoms with Crippen molar-refractivity contribution in [3.63, 3.8) is 0 Å². The Hall–Kier alpha value is -3.81. The van der Waals surface area contributed by atoms with Crippen LogP contribution in [0.2, 0.25) is 0 Å². The fraction of sp³-hybridized carbons (Fsp3) is 0.227. The first kappa shape index (κ1) is 19.5. The molecule has 0 spiro atoms. The molecule has 0 atom stereocenters. The molecule has 0 N–H and O–H groups in total. The topological polar surface area (TPSA) is 95.5 Å². The number of nitrogens with zero attached hydrogens (tertiary/aromatic N) is 4. The molecule has 0 radical (unpaired) electrons. The number of pyridine rings is 1. The standard InChI is InChI=1S/C22H20N4O4/c1-15-19-11-24-18(21(28)30-14-17-7-9-23-10-8-17)13-25(19)22(29)26(20(15)27)12-16-5-3-2-4-6-16/h2-10H,11-14H2,1H3. The smallest absolute Gasteiger partial charge is 0.354 e. The van der Waals surface area contributed by atoms with E-state index in [1.54, 1.807) is 31.5 Å². The molecule has 0 fully saturated rings. The number of rotatable bonds is 5. The minimum atomic E-state index is -0.581. The summed E-state index contributed by atoms with van der Waals surface area (Å²) in [4.78, 5) is 46.4. The van der Waals surface area contributed by atoms with Crippen LogP contribution in [0, 0.1) is 6.92 Å². The van der Waals surface area contributed by atoms with E-state index in [9.17, 15) is 14.4 Å². The Balaban J connectivity index is 1.59. The van der Waals surface area contributed by atoms with E-state index in [0.717, 1.165) is 11.1 Å². The maximum Gasteiger partial charge on any atom is 0.354 e. The molecule has 0 amide bonds. The van der Waals surface area contributed by atoms with E-state index in [2.05, 4.69) is 9.98 Å². The van der Waals surface area contributed by atoms with E-state index in [1.165, 1.54) is 9.13 Å². The molecule has 0 bridgehead atoms. The average molecular weight is 404 g/mol. The predicted molar refractivity (Wildman–Crippen MR) is 110 cm³/mol. The number of ether oxygens (including phenoxy) is 1. The quantitative estimate of drug-likeness (QED) is 0.600. The van der Waals surface area contributed by atoms with Crippen LogP contribution in [-0.2, 0) is 35.8 Å². The predicted octanol–water partition coefficient (Wildman–Crippen LogP) is 1.46. The first-order chi connectivity index (χ1) is 14.5. The minimum absolute atomic E-state index is 0.0285. The molecule has 8 nitrogen and oxygen atoms in total. The number of carbonyl (C=O) groups excluding carboxylic acids is 1. The van der Waals surface area contributed by atoms with E-state index in [1.807, 2.05) is 30.3 Å². The van der Waals surface area contributed by atoms with Gasteiger partial charge in [0.1, 0.15) is 12.3 Å². The van der Waals surface area contributed by atoms with Gasteiger partial charge in [-0.15, -0.1) is 0 Å². The molecule has 0 saturated carbocycles. The van der Waals surface area contributed by atoms with Crippen molar-refractivity contribution in [1.82, 2.24) is 14.1 Å². The highest BCUT2D eigenvalue weighted by Gasteiger charge is 2.24. The summed E-state index contributed by atoms with van der Waals surface area (Å²) in [7, 11) is 0. The zero-order valence-corrected chi connectivity index (χ0v) is 16.4. The lowest BCUT2D eigenvalue weighted by Crippen LogP contribution is -2.46. The number of hydrogen-bond acceptors (Lipinski definition) is 6. The number of carbonyl (C=O) groups is 1. The third kappa shape index (κ3) is 3.84. The van der Waals surface area contributed by atoms with E-state index < -0.39 is 11.7 Å². The number of aliphatic imine (C=N–C) groups is 1. The first-order valence-electron chi connectivity index (χ1n) is 9.51. The van der Waals surface area contributed by atoms with Crippen LogP contribution < -0.4 is 11.2 Å². The molecule has 3 aromatic rings. The molecular weight excluding hydrogens is 384 g/mol. The summed E-state index contributed by atoms with van der Waals surface area (Å²) in [5, 5.41) is 0. The van der Waals surface area contributed by atoms with Crippen LogP contribution >= 0.6 is 0 Å². The fourth-order valence-corrected chi connectivity index (χ4v) is 3.36. The third-order valence-electron chi connectivity index (χ3n) is 5.05. The van der Waals surface area contributed by atoms with E-state index in [0.29, 0.717) is 11.3 Å². The summed E-state index contributed by atoms with van der Waals surface area (Å²) >= 11 is 0. The number of hydrogen-bond donors (Lipinski definition) is 0. The average Bonchev–Trinajstić information content (AvgIpc) is 2.80. The summed E-state index contributed by atoms with van der Waals surface area (Å²) < 4.78 is 7.95. The van der Waals surface area contributed by atoms with E-state index >= 15 is 0 Å². The number of benzene rings is 1. The first-order valence-corrected chi connectivity index (χ1v) is 9.51. The Morgan fingerprint density at radius 1 is 1.07 bits per heavy atom. The molecule has 1 aliphatic rings. The Morgan fingerprint density at radius 2 is 1.80 bits per heavy atom. The van der Waals surface area contributed by atoms with Gasteiger partial charge in [0, 0.05) is 18.0 Å². The van der Waals surface area contributed by atoms with Crippen LogP contribution in [0.4, 0.5) is 0 Å². The summed E-state index contributed by atoms with van der Waals surface area (Å²) in [5.41, 5.74) is 1.99. The highest BCUT2D eigenvalue weighted by molar-refractivity contribution is 6.36. The van der Waals surface area contributed by atoms with Crippen molar-refractivity contribution in [2.45, 2.75) is 33.2 Å². The molecule has 30 heavy (non-hydrogen) atoms. The molecule has 0 saturated heterocycles. The Labute approximate surface area is 172 Å². The SMILES string of the molecule is Cc1c2n(c(=O)n(Cc3ccccc3)c1=O)CC(C(=O)OCc1ccncc1)=NC2. The van der Waals surface area contributed by atoms with E-state index in [-0.39, 0.29) is 37.5 Å². The van der Waals surface area contributed by atoms with Crippen molar-refractivity contribution >= 4 is 11.7 Å². The summed E-state index contributed by atoms with van der Waals surface area (Å²) in [6.45, 7) is 1.99. The normalized spacial score (nSPS) is 12.8. The van der Waals surface area contributed by atoms with Crippen LogP contribution in [0.3, 0.4) is 0 Å². The maximum atomic E-state index is 13.1. The van der Waals surface area contributed by atoms with Crippen LogP contribution in [0.5, 0.6) is 0 Å². The van der Waals surface area contributed by atoms with Crippen molar-refractivity contribution in [1.29, 1.82) is 0 Å². The highest BCUT2D eigenvalue weighted by atomic mass is 16.5. The Bertz CT molecular complexity index is 1230. The zero-order chi connectivity index (χ0) is 21.1. The number of aromatic nitrogens is 3. The van der Waals surface area contributed by atoms with E-state index in [4.69, 9.17) is 4.74 Å². The highest BCUT2D eigenvalue weighted by Crippen LogP contribution is 2.11. The second kappa shape index (κ2) is 8.28.